The molecule has 0 saturated carbocycles. The Morgan fingerprint density at radius 3 is 2.59 bits per heavy atom. The van der Waals surface area contributed by atoms with Crippen LogP contribution in [0, 0.1) is 0 Å². The lowest BCUT2D eigenvalue weighted by molar-refractivity contribution is 0.0600. The van der Waals surface area contributed by atoms with Gasteiger partial charge < -0.3 is 18.8 Å². The number of carbonyl (C=O) groups is 1. The predicted molar refractivity (Wildman–Crippen MR) is 130 cm³/mol. The van der Waals surface area contributed by atoms with E-state index in [1.54, 1.807) is 24.3 Å². The number of carbonyl (C=O) groups excluding carboxylic acids is 1. The molecule has 0 atom stereocenters. The highest BCUT2D eigenvalue weighted by atomic mass is 79.9. The normalized spacial score (nSPS) is 10.9. The summed E-state index contributed by atoms with van der Waals surface area (Å²) in [5, 5.41) is 0. The molecule has 0 aliphatic heterocycles. The number of nitrogens with zero attached hydrogens (tertiary/aromatic N) is 3. The number of imidazole rings is 1. The Morgan fingerprint density at radius 2 is 1.81 bits per heavy atom. The zero-order valence-electron chi connectivity index (χ0n) is 16.9. The van der Waals surface area contributed by atoms with Crippen molar-refractivity contribution >= 4 is 64.8 Å². The molecule has 0 N–H and O–H groups in total. The average molecular weight is 626 g/mol. The molecule has 2 aromatic carbocycles. The number of rotatable bonds is 6. The Hall–Kier alpha value is -2.43. The summed E-state index contributed by atoms with van der Waals surface area (Å²) in [4.78, 5) is 20.7. The number of hydrogen-bond acceptors (Lipinski definition) is 6. The minimum absolute atomic E-state index is 0.235. The van der Waals surface area contributed by atoms with Crippen molar-refractivity contribution in [1.29, 1.82) is 0 Å². The van der Waals surface area contributed by atoms with Crippen LogP contribution in [0.15, 0.2) is 62.1 Å². The Morgan fingerprint density at radius 1 is 1.00 bits per heavy atom. The molecule has 0 unspecified atom stereocenters. The van der Waals surface area contributed by atoms with E-state index in [-0.39, 0.29) is 6.61 Å². The lowest BCUT2D eigenvalue weighted by Crippen LogP contribution is -2.05. The largest absolute Gasteiger partial charge is 0.486 e. The molecule has 0 fully saturated rings. The van der Waals surface area contributed by atoms with Gasteiger partial charge in [0.15, 0.2) is 0 Å². The topological polar surface area (TPSA) is 75.5 Å². The van der Waals surface area contributed by atoms with E-state index in [2.05, 4.69) is 57.8 Å². The van der Waals surface area contributed by atoms with Crippen molar-refractivity contribution in [1.82, 2.24) is 14.5 Å². The first-order chi connectivity index (χ1) is 15.4. The van der Waals surface area contributed by atoms with E-state index in [0.29, 0.717) is 27.5 Å². The van der Waals surface area contributed by atoms with E-state index in [4.69, 9.17) is 14.2 Å². The van der Waals surface area contributed by atoms with Crippen molar-refractivity contribution in [3.8, 4) is 17.4 Å². The number of pyridine rings is 1. The highest BCUT2D eigenvalue weighted by molar-refractivity contribution is 9.13. The molecule has 4 rings (SSSR count). The van der Waals surface area contributed by atoms with Gasteiger partial charge in [0.1, 0.15) is 28.5 Å². The molecular weight excluding hydrogens is 610 g/mol. The highest BCUT2D eigenvalue weighted by Crippen LogP contribution is 2.34. The zero-order valence-corrected chi connectivity index (χ0v) is 21.7. The molecule has 0 aliphatic rings. The second kappa shape index (κ2) is 9.60. The number of esters is 1. The third-order valence-electron chi connectivity index (χ3n) is 4.64. The van der Waals surface area contributed by atoms with Crippen LogP contribution in [0.3, 0.4) is 0 Å². The summed E-state index contributed by atoms with van der Waals surface area (Å²) in [7, 11) is 3.25. The maximum Gasteiger partial charge on any atom is 0.337 e. The van der Waals surface area contributed by atoms with Gasteiger partial charge in [-0.1, -0.05) is 6.07 Å². The van der Waals surface area contributed by atoms with Crippen molar-refractivity contribution in [2.24, 2.45) is 7.05 Å². The van der Waals surface area contributed by atoms with Crippen LogP contribution in [0.25, 0.3) is 11.0 Å². The Balaban J connectivity index is 1.55. The molecule has 164 valence electrons. The van der Waals surface area contributed by atoms with E-state index in [0.717, 1.165) is 25.8 Å². The minimum atomic E-state index is -0.412. The summed E-state index contributed by atoms with van der Waals surface area (Å²) in [6.07, 6.45) is 0. The van der Waals surface area contributed by atoms with Crippen LogP contribution in [0.1, 0.15) is 16.2 Å². The Labute approximate surface area is 209 Å². The number of aryl methyl sites for hydroxylation is 1. The summed E-state index contributed by atoms with van der Waals surface area (Å²) >= 11 is 10.3. The van der Waals surface area contributed by atoms with Gasteiger partial charge in [0.25, 0.3) is 0 Å². The molecule has 2 aromatic heterocycles. The summed E-state index contributed by atoms with van der Waals surface area (Å²) < 4.78 is 20.7. The van der Waals surface area contributed by atoms with Gasteiger partial charge >= 0.3 is 5.97 Å². The van der Waals surface area contributed by atoms with Gasteiger partial charge in [0.05, 0.1) is 32.7 Å². The van der Waals surface area contributed by atoms with Gasteiger partial charge in [0.2, 0.25) is 5.88 Å². The molecule has 7 nitrogen and oxygen atoms in total. The van der Waals surface area contributed by atoms with Crippen molar-refractivity contribution in [2.45, 2.75) is 6.61 Å². The minimum Gasteiger partial charge on any atom is -0.486 e. The molecule has 0 amide bonds. The number of hydrogen-bond donors (Lipinski definition) is 0. The molecule has 0 bridgehead atoms. The third kappa shape index (κ3) is 4.82. The molecule has 0 saturated heterocycles. The van der Waals surface area contributed by atoms with E-state index >= 15 is 0 Å². The third-order valence-corrected chi connectivity index (χ3v) is 6.95. The maximum absolute atomic E-state index is 11.7. The second-order valence-electron chi connectivity index (χ2n) is 6.70. The van der Waals surface area contributed by atoms with Gasteiger partial charge in [-0.3, -0.25) is 0 Å². The first kappa shape index (κ1) is 22.8. The van der Waals surface area contributed by atoms with Crippen LogP contribution >= 0.6 is 47.8 Å². The van der Waals surface area contributed by atoms with Crippen LogP contribution in [0.5, 0.6) is 17.4 Å². The van der Waals surface area contributed by atoms with Gasteiger partial charge in [0, 0.05) is 13.1 Å². The first-order valence-corrected chi connectivity index (χ1v) is 11.7. The van der Waals surface area contributed by atoms with Gasteiger partial charge in [-0.05, 0) is 84.2 Å². The number of halogens is 3. The summed E-state index contributed by atoms with van der Waals surface area (Å²) in [6, 6.07) is 14.3. The SMILES string of the molecule is COC(=O)c1cccc(OCc2nc3ccc(Oc4nc(Br)c(Br)cc4Br)cc3n2C)c1. The van der Waals surface area contributed by atoms with E-state index < -0.39 is 5.97 Å². The first-order valence-electron chi connectivity index (χ1n) is 9.31. The molecule has 4 aromatic rings. The molecule has 0 aliphatic carbocycles. The average Bonchev–Trinajstić information content (AvgIpc) is 3.10. The fourth-order valence-corrected chi connectivity index (χ4v) is 4.30. The second-order valence-corrected chi connectivity index (χ2v) is 9.16. The standard InChI is InChI=1S/C22H16Br3N3O4/c1-28-18-9-14(32-21-16(24)10-15(23)20(25)27-21)6-7-17(18)26-19(28)11-31-13-5-3-4-12(8-13)22(29)30-2/h3-10H,11H2,1-2H3. The predicted octanol–water partition coefficient (Wildman–Crippen LogP) is 6.41. The van der Waals surface area contributed by atoms with Crippen molar-refractivity contribution < 1.29 is 19.0 Å². The smallest absolute Gasteiger partial charge is 0.337 e. The van der Waals surface area contributed by atoms with Gasteiger partial charge in [-0.2, -0.15) is 0 Å². The monoisotopic (exact) mass is 623 g/mol. The number of aromatic nitrogens is 3. The fourth-order valence-electron chi connectivity index (χ4n) is 3.00. The van der Waals surface area contributed by atoms with Crippen LogP contribution in [-0.2, 0) is 18.4 Å². The van der Waals surface area contributed by atoms with E-state index in [9.17, 15) is 4.79 Å². The molecule has 10 heteroatoms. The van der Waals surface area contributed by atoms with Crippen LogP contribution in [0.4, 0.5) is 0 Å². The molecule has 0 spiro atoms. The number of methoxy groups -OCH3 is 1. The molecule has 0 radical (unpaired) electrons. The lowest BCUT2D eigenvalue weighted by Gasteiger charge is -2.09. The van der Waals surface area contributed by atoms with Gasteiger partial charge in [-0.15, -0.1) is 0 Å². The van der Waals surface area contributed by atoms with Crippen molar-refractivity contribution in [3.63, 3.8) is 0 Å². The molecular formula is C22H16Br3N3O4. The van der Waals surface area contributed by atoms with Crippen molar-refractivity contribution in [2.75, 3.05) is 7.11 Å². The number of benzene rings is 2. The maximum atomic E-state index is 11.7. The quantitative estimate of drug-likeness (QED) is 0.182. The Bertz CT molecular complexity index is 1320. The zero-order chi connectivity index (χ0) is 22.8. The lowest BCUT2D eigenvalue weighted by atomic mass is 10.2. The number of fused-ring (bicyclic) bond motifs is 1. The Kier molecular flexibility index (Phi) is 6.82. The number of ether oxygens (including phenoxy) is 3. The summed E-state index contributed by atoms with van der Waals surface area (Å²) in [5.41, 5.74) is 2.12. The van der Waals surface area contributed by atoms with E-state index in [1.165, 1.54) is 7.11 Å². The summed E-state index contributed by atoms with van der Waals surface area (Å²) in [6.45, 7) is 0.235. The fraction of sp³-hybridized carbons (Fsp3) is 0.136. The van der Waals surface area contributed by atoms with Crippen molar-refractivity contribution in [3.05, 3.63) is 73.5 Å². The van der Waals surface area contributed by atoms with E-state index in [1.807, 2.05) is 35.9 Å². The molecule has 2 heterocycles. The van der Waals surface area contributed by atoms with Crippen LogP contribution < -0.4 is 9.47 Å². The molecule has 32 heavy (non-hydrogen) atoms. The van der Waals surface area contributed by atoms with Gasteiger partial charge in [-0.25, -0.2) is 14.8 Å². The van der Waals surface area contributed by atoms with Crippen LogP contribution in [-0.4, -0.2) is 27.6 Å². The summed E-state index contributed by atoms with van der Waals surface area (Å²) in [5.74, 6) is 1.94. The van der Waals surface area contributed by atoms with Crippen LogP contribution in [0.2, 0.25) is 0 Å². The highest BCUT2D eigenvalue weighted by Gasteiger charge is 2.13.